The van der Waals surface area contributed by atoms with Gasteiger partial charge in [-0.3, -0.25) is 4.79 Å². The first kappa shape index (κ1) is 10.1. The smallest absolute Gasteiger partial charge is 0.229 e. The van der Waals surface area contributed by atoms with Gasteiger partial charge in [0.05, 0.1) is 5.92 Å². The van der Waals surface area contributed by atoms with E-state index in [1.807, 2.05) is 0 Å². The van der Waals surface area contributed by atoms with Crippen LogP contribution in [-0.4, -0.2) is 28.7 Å². The molecule has 16 heavy (non-hydrogen) atoms. The van der Waals surface area contributed by atoms with Gasteiger partial charge in [0.2, 0.25) is 5.91 Å². The molecule has 0 radical (unpaired) electrons. The Labute approximate surface area is 95.4 Å². The SMILES string of the molecule is C=CCN1C(=O)C2C3C=CC(CC3)C2C1O. The number of hydrogen-bond donors (Lipinski definition) is 1. The quantitative estimate of drug-likeness (QED) is 0.708. The summed E-state index contributed by atoms with van der Waals surface area (Å²) in [5, 5.41) is 10.2. The van der Waals surface area contributed by atoms with Crippen molar-refractivity contribution in [3.8, 4) is 0 Å². The standard InChI is InChI=1S/C13H17NO2/c1-2-7-14-12(15)10-8-3-4-9(6-5-8)11(10)13(14)16/h2-4,8-12,15H,1,5-7H2. The summed E-state index contributed by atoms with van der Waals surface area (Å²) in [6, 6.07) is 0. The van der Waals surface area contributed by atoms with Crippen LogP contribution in [-0.2, 0) is 4.79 Å². The summed E-state index contributed by atoms with van der Waals surface area (Å²) < 4.78 is 0. The van der Waals surface area contributed by atoms with E-state index in [-0.39, 0.29) is 17.7 Å². The van der Waals surface area contributed by atoms with Gasteiger partial charge in [0.25, 0.3) is 0 Å². The summed E-state index contributed by atoms with van der Waals surface area (Å²) >= 11 is 0. The molecule has 5 unspecified atom stereocenters. The molecule has 0 aromatic rings. The molecule has 0 aromatic carbocycles. The fourth-order valence-corrected chi connectivity index (χ4v) is 3.66. The molecular formula is C13H17NO2. The Hall–Kier alpha value is -1.09. The highest BCUT2D eigenvalue weighted by Gasteiger charge is 2.55. The van der Waals surface area contributed by atoms with Crippen molar-refractivity contribution >= 4 is 5.91 Å². The van der Waals surface area contributed by atoms with E-state index < -0.39 is 6.23 Å². The third kappa shape index (κ3) is 1.15. The molecule has 4 aliphatic rings. The van der Waals surface area contributed by atoms with Crippen LogP contribution >= 0.6 is 0 Å². The Bertz CT molecular complexity index is 363. The van der Waals surface area contributed by atoms with Crippen LogP contribution in [0.2, 0.25) is 0 Å². The molecule has 3 heteroatoms. The number of rotatable bonds is 2. The van der Waals surface area contributed by atoms with Gasteiger partial charge < -0.3 is 10.0 Å². The number of allylic oxidation sites excluding steroid dienone is 2. The van der Waals surface area contributed by atoms with Crippen LogP contribution < -0.4 is 0 Å². The number of aliphatic hydroxyl groups is 1. The molecule has 1 amide bonds. The largest absolute Gasteiger partial charge is 0.373 e. The Kier molecular flexibility index (Phi) is 2.18. The molecule has 4 rings (SSSR count). The first-order valence-corrected chi connectivity index (χ1v) is 6.02. The molecule has 1 saturated heterocycles. The van der Waals surface area contributed by atoms with Gasteiger partial charge in [-0.1, -0.05) is 18.2 Å². The third-order valence-corrected chi connectivity index (χ3v) is 4.37. The van der Waals surface area contributed by atoms with E-state index in [4.69, 9.17) is 0 Å². The molecular weight excluding hydrogens is 202 g/mol. The molecule has 1 aliphatic heterocycles. The van der Waals surface area contributed by atoms with E-state index >= 15 is 0 Å². The molecule has 1 saturated carbocycles. The minimum absolute atomic E-state index is 0.0266. The zero-order valence-electron chi connectivity index (χ0n) is 9.25. The van der Waals surface area contributed by atoms with Gasteiger partial charge >= 0.3 is 0 Å². The number of carbonyl (C=O) groups is 1. The highest BCUT2D eigenvalue weighted by Crippen LogP contribution is 2.50. The Morgan fingerprint density at radius 2 is 2.12 bits per heavy atom. The second-order valence-electron chi connectivity index (χ2n) is 5.09. The van der Waals surface area contributed by atoms with E-state index in [2.05, 4.69) is 18.7 Å². The Balaban J connectivity index is 1.94. The van der Waals surface area contributed by atoms with Gasteiger partial charge in [-0.25, -0.2) is 0 Å². The monoisotopic (exact) mass is 219 g/mol. The minimum Gasteiger partial charge on any atom is -0.373 e. The fourth-order valence-electron chi connectivity index (χ4n) is 3.66. The summed E-state index contributed by atoms with van der Waals surface area (Å²) in [5.41, 5.74) is 0. The summed E-state index contributed by atoms with van der Waals surface area (Å²) in [4.78, 5) is 13.8. The highest BCUT2D eigenvalue weighted by atomic mass is 16.3. The molecule has 0 spiro atoms. The van der Waals surface area contributed by atoms with E-state index in [1.165, 1.54) is 0 Å². The van der Waals surface area contributed by atoms with E-state index in [9.17, 15) is 9.90 Å². The van der Waals surface area contributed by atoms with Crippen molar-refractivity contribution in [2.75, 3.05) is 6.54 Å². The van der Waals surface area contributed by atoms with Crippen LogP contribution in [0.5, 0.6) is 0 Å². The zero-order valence-corrected chi connectivity index (χ0v) is 9.25. The van der Waals surface area contributed by atoms with Crippen LogP contribution in [0.25, 0.3) is 0 Å². The van der Waals surface area contributed by atoms with Crippen LogP contribution in [0.4, 0.5) is 0 Å². The molecule has 0 aromatic heterocycles. The molecule has 2 bridgehead atoms. The van der Waals surface area contributed by atoms with Gasteiger partial charge in [-0.15, -0.1) is 6.58 Å². The minimum atomic E-state index is -0.603. The molecule has 1 N–H and O–H groups in total. The Morgan fingerprint density at radius 3 is 2.69 bits per heavy atom. The second-order valence-corrected chi connectivity index (χ2v) is 5.09. The number of aliphatic hydroxyl groups excluding tert-OH is 1. The van der Waals surface area contributed by atoms with Crippen molar-refractivity contribution in [3.05, 3.63) is 24.8 Å². The summed E-state index contributed by atoms with van der Waals surface area (Å²) in [7, 11) is 0. The molecule has 3 aliphatic carbocycles. The first-order chi connectivity index (χ1) is 7.74. The number of fused-ring (bicyclic) bond motifs is 1. The molecule has 86 valence electrons. The lowest BCUT2D eigenvalue weighted by atomic mass is 9.63. The average molecular weight is 219 g/mol. The van der Waals surface area contributed by atoms with Crippen molar-refractivity contribution in [2.24, 2.45) is 23.7 Å². The summed E-state index contributed by atoms with van der Waals surface area (Å²) in [6.07, 6.45) is 7.68. The second kappa shape index (κ2) is 3.45. The summed E-state index contributed by atoms with van der Waals surface area (Å²) in [6.45, 7) is 4.11. The number of amides is 1. The number of hydrogen-bond acceptors (Lipinski definition) is 2. The average Bonchev–Trinajstić information content (AvgIpc) is 2.58. The topological polar surface area (TPSA) is 40.5 Å². The zero-order chi connectivity index (χ0) is 11.3. The van der Waals surface area contributed by atoms with Gasteiger partial charge in [0.15, 0.2) is 0 Å². The molecule has 3 nitrogen and oxygen atoms in total. The van der Waals surface area contributed by atoms with Crippen LogP contribution in [0.1, 0.15) is 12.8 Å². The number of nitrogens with zero attached hydrogens (tertiary/aromatic N) is 1. The van der Waals surface area contributed by atoms with E-state index in [0.29, 0.717) is 18.4 Å². The maximum Gasteiger partial charge on any atom is 0.229 e. The normalized spacial score (nSPS) is 44.9. The fraction of sp³-hybridized carbons (Fsp3) is 0.615. The lowest BCUT2D eigenvalue weighted by Crippen LogP contribution is -2.40. The molecule has 2 fully saturated rings. The third-order valence-electron chi connectivity index (χ3n) is 4.37. The molecule has 1 heterocycles. The van der Waals surface area contributed by atoms with E-state index in [1.54, 1.807) is 11.0 Å². The number of carbonyl (C=O) groups excluding carboxylic acids is 1. The first-order valence-electron chi connectivity index (χ1n) is 6.02. The Morgan fingerprint density at radius 1 is 1.44 bits per heavy atom. The molecule has 5 atom stereocenters. The van der Waals surface area contributed by atoms with Gasteiger partial charge in [0, 0.05) is 12.5 Å². The lowest BCUT2D eigenvalue weighted by molar-refractivity contribution is -0.135. The number of likely N-dealkylation sites (tertiary alicyclic amines) is 1. The highest BCUT2D eigenvalue weighted by molar-refractivity contribution is 5.83. The van der Waals surface area contributed by atoms with Crippen molar-refractivity contribution in [2.45, 2.75) is 19.1 Å². The van der Waals surface area contributed by atoms with E-state index in [0.717, 1.165) is 12.8 Å². The predicted molar refractivity (Wildman–Crippen MR) is 60.3 cm³/mol. The van der Waals surface area contributed by atoms with Crippen molar-refractivity contribution in [1.29, 1.82) is 0 Å². The van der Waals surface area contributed by atoms with Gasteiger partial charge in [-0.05, 0) is 24.7 Å². The van der Waals surface area contributed by atoms with Crippen molar-refractivity contribution in [1.82, 2.24) is 4.90 Å². The van der Waals surface area contributed by atoms with Crippen LogP contribution in [0.3, 0.4) is 0 Å². The van der Waals surface area contributed by atoms with Crippen molar-refractivity contribution < 1.29 is 9.90 Å². The van der Waals surface area contributed by atoms with Gasteiger partial charge in [0.1, 0.15) is 6.23 Å². The summed E-state index contributed by atoms with van der Waals surface area (Å²) in [5.74, 6) is 1.02. The lowest BCUT2D eigenvalue weighted by Gasteiger charge is -2.40. The van der Waals surface area contributed by atoms with Gasteiger partial charge in [-0.2, -0.15) is 0 Å². The van der Waals surface area contributed by atoms with Crippen LogP contribution in [0, 0.1) is 23.7 Å². The predicted octanol–water partition coefficient (Wildman–Crippen LogP) is 1.16. The van der Waals surface area contributed by atoms with Crippen molar-refractivity contribution in [3.63, 3.8) is 0 Å². The maximum atomic E-state index is 12.2. The maximum absolute atomic E-state index is 12.2. The van der Waals surface area contributed by atoms with Crippen LogP contribution in [0.15, 0.2) is 24.8 Å².